The summed E-state index contributed by atoms with van der Waals surface area (Å²) >= 11 is 0. The molecule has 1 aliphatic carbocycles. The van der Waals surface area contributed by atoms with Crippen molar-refractivity contribution in [2.24, 2.45) is 0 Å². The fourth-order valence-corrected chi connectivity index (χ4v) is 4.16. The number of anilines is 1. The Balaban J connectivity index is 2.52. The van der Waals surface area contributed by atoms with E-state index in [9.17, 15) is 14.9 Å². The van der Waals surface area contributed by atoms with Gasteiger partial charge in [-0.3, -0.25) is 9.59 Å². The van der Waals surface area contributed by atoms with Crippen LogP contribution in [0.2, 0.25) is 0 Å². The molecule has 0 unspecified atom stereocenters. The van der Waals surface area contributed by atoms with Crippen molar-refractivity contribution in [3.8, 4) is 34.4 Å². The van der Waals surface area contributed by atoms with Crippen LogP contribution in [0.5, 0.6) is 17.2 Å². The van der Waals surface area contributed by atoms with Gasteiger partial charge in [0.15, 0.2) is 11.5 Å². The topological polar surface area (TPSA) is 110 Å². The number of nitrogens with zero attached hydrogens (tertiary/aromatic N) is 1. The number of nitriles is 1. The number of rotatable bonds is 5. The molecule has 0 bridgehead atoms. The second kappa shape index (κ2) is 8.96. The monoisotopic (exact) mass is 423 g/mol. The molecule has 3 rings (SSSR count). The molecule has 0 aliphatic heterocycles. The van der Waals surface area contributed by atoms with Gasteiger partial charge in [-0.1, -0.05) is 6.07 Å². The molecule has 0 saturated carbocycles. The number of ether oxygens (including phenoxy) is 3. The zero-order valence-electron chi connectivity index (χ0n) is 18.2. The Hall–Kier alpha value is -3.73. The summed E-state index contributed by atoms with van der Waals surface area (Å²) < 4.78 is 16.8. The molecule has 2 aromatic rings. The van der Waals surface area contributed by atoms with E-state index in [1.54, 1.807) is 19.2 Å². The number of nitrogens with one attached hydrogen (secondary N) is 2. The molecule has 162 valence electrons. The highest BCUT2D eigenvalue weighted by Gasteiger charge is 2.32. The molecular weight excluding hydrogens is 398 g/mol. The van der Waals surface area contributed by atoms with Gasteiger partial charge in [0, 0.05) is 19.5 Å². The van der Waals surface area contributed by atoms with E-state index in [2.05, 4.69) is 16.7 Å². The quantitative estimate of drug-likeness (QED) is 0.761. The normalized spacial score (nSPS) is 14.3. The van der Waals surface area contributed by atoms with Gasteiger partial charge >= 0.3 is 0 Å². The zero-order valence-corrected chi connectivity index (χ0v) is 18.2. The molecule has 1 atom stereocenters. The van der Waals surface area contributed by atoms with Crippen LogP contribution in [-0.2, 0) is 11.2 Å². The molecule has 8 heteroatoms. The van der Waals surface area contributed by atoms with Crippen LogP contribution >= 0.6 is 0 Å². The second-order valence-electron chi connectivity index (χ2n) is 7.11. The van der Waals surface area contributed by atoms with Gasteiger partial charge in [-0.2, -0.15) is 5.26 Å². The Bertz CT molecular complexity index is 1140. The Morgan fingerprint density at radius 1 is 1.13 bits per heavy atom. The van der Waals surface area contributed by atoms with Crippen molar-refractivity contribution in [3.63, 3.8) is 0 Å². The number of hydrogen-bond donors (Lipinski definition) is 2. The number of fused-ring (bicyclic) bond motifs is 3. The van der Waals surface area contributed by atoms with Crippen molar-refractivity contribution in [1.82, 2.24) is 5.32 Å². The van der Waals surface area contributed by atoms with E-state index in [-0.39, 0.29) is 11.3 Å². The first-order valence-electron chi connectivity index (χ1n) is 9.80. The third kappa shape index (κ3) is 3.75. The van der Waals surface area contributed by atoms with Crippen LogP contribution in [0.4, 0.5) is 5.69 Å². The predicted molar refractivity (Wildman–Crippen MR) is 117 cm³/mol. The minimum atomic E-state index is -0.419. The van der Waals surface area contributed by atoms with Gasteiger partial charge in [0.1, 0.15) is 11.6 Å². The van der Waals surface area contributed by atoms with Crippen LogP contribution < -0.4 is 30.3 Å². The highest BCUT2D eigenvalue weighted by molar-refractivity contribution is 5.86. The summed E-state index contributed by atoms with van der Waals surface area (Å²) in [5.74, 6) is 0.785. The van der Waals surface area contributed by atoms with Gasteiger partial charge in [0.25, 0.3) is 0 Å². The summed E-state index contributed by atoms with van der Waals surface area (Å²) in [5.41, 5.74) is 3.24. The number of carbonyl (C=O) groups excluding carboxylic acids is 1. The molecule has 0 fully saturated rings. The molecule has 1 amide bonds. The van der Waals surface area contributed by atoms with Gasteiger partial charge in [-0.15, -0.1) is 0 Å². The summed E-state index contributed by atoms with van der Waals surface area (Å²) in [5, 5.41) is 15.8. The maximum atomic E-state index is 12.8. The second-order valence-corrected chi connectivity index (χ2v) is 7.11. The maximum Gasteiger partial charge on any atom is 0.217 e. The van der Waals surface area contributed by atoms with Crippen molar-refractivity contribution in [3.05, 3.63) is 45.1 Å². The van der Waals surface area contributed by atoms with Crippen LogP contribution in [0.15, 0.2) is 23.0 Å². The fraction of sp³-hybridized carbons (Fsp3) is 0.348. The maximum absolute atomic E-state index is 12.8. The lowest BCUT2D eigenvalue weighted by Gasteiger charge is -2.21. The Morgan fingerprint density at radius 2 is 1.81 bits per heavy atom. The molecule has 31 heavy (non-hydrogen) atoms. The summed E-state index contributed by atoms with van der Waals surface area (Å²) in [7, 11) is 6.13. The standard InChI is InChI=1S/C23H25N3O5/c1-12(27)26-17-8-6-14-16(11-24)21(29-3)23(31-5)22(30-4)20(14)13-7-9-18(25-2)19(28)10-15(13)17/h7,9-10,17H,6,8H2,1-5H3,(H,25,28)(H,26,27)/t17-/m0/s1. The molecule has 0 radical (unpaired) electrons. The van der Waals surface area contributed by atoms with Gasteiger partial charge < -0.3 is 24.8 Å². The molecular formula is C23H25N3O5. The lowest BCUT2D eigenvalue weighted by atomic mass is 9.92. The molecule has 2 N–H and O–H groups in total. The average molecular weight is 423 g/mol. The number of amides is 1. The zero-order chi connectivity index (χ0) is 22.7. The third-order valence-corrected chi connectivity index (χ3v) is 5.45. The molecule has 8 nitrogen and oxygen atoms in total. The average Bonchev–Trinajstić information content (AvgIpc) is 3.00. The summed E-state index contributed by atoms with van der Waals surface area (Å²) in [6, 6.07) is 6.83. The van der Waals surface area contributed by atoms with Gasteiger partial charge in [-0.25, -0.2) is 0 Å². The number of carbonyl (C=O) groups is 1. The van der Waals surface area contributed by atoms with Gasteiger partial charge in [0.2, 0.25) is 17.1 Å². The Kier molecular flexibility index (Phi) is 6.35. The lowest BCUT2D eigenvalue weighted by molar-refractivity contribution is -0.119. The Labute approximate surface area is 180 Å². The smallest absolute Gasteiger partial charge is 0.217 e. The summed E-state index contributed by atoms with van der Waals surface area (Å²) in [4.78, 5) is 24.7. The molecule has 0 aromatic heterocycles. The van der Waals surface area contributed by atoms with Crippen LogP contribution in [0.1, 0.15) is 36.1 Å². The largest absolute Gasteiger partial charge is 0.492 e. The Morgan fingerprint density at radius 3 is 2.35 bits per heavy atom. The first-order valence-corrected chi connectivity index (χ1v) is 9.80. The highest BCUT2D eigenvalue weighted by Crippen LogP contribution is 2.52. The van der Waals surface area contributed by atoms with Crippen LogP contribution in [0.25, 0.3) is 11.1 Å². The van der Waals surface area contributed by atoms with E-state index < -0.39 is 6.04 Å². The SMILES string of the molecule is CNc1ccc2c(cc1=O)[C@@H](NC(C)=O)CCc1c(C#N)c(OC)c(OC)c(OC)c1-2. The van der Waals surface area contributed by atoms with Gasteiger partial charge in [0.05, 0.1) is 33.1 Å². The van der Waals surface area contributed by atoms with E-state index in [0.29, 0.717) is 58.0 Å². The number of hydrogen-bond acceptors (Lipinski definition) is 7. The summed E-state index contributed by atoms with van der Waals surface area (Å²) in [6.07, 6.45) is 0.955. The minimum Gasteiger partial charge on any atom is -0.492 e. The molecule has 2 aromatic carbocycles. The van der Waals surface area contributed by atoms with E-state index in [4.69, 9.17) is 14.2 Å². The molecule has 0 spiro atoms. The fourth-order valence-electron chi connectivity index (χ4n) is 4.16. The van der Waals surface area contributed by atoms with Crippen molar-refractivity contribution >= 4 is 11.6 Å². The third-order valence-electron chi connectivity index (χ3n) is 5.45. The van der Waals surface area contributed by atoms with E-state index >= 15 is 0 Å². The predicted octanol–water partition coefficient (Wildman–Crippen LogP) is 2.78. The van der Waals surface area contributed by atoms with Crippen LogP contribution in [0.3, 0.4) is 0 Å². The molecule has 0 heterocycles. The van der Waals surface area contributed by atoms with Crippen molar-refractivity contribution in [2.75, 3.05) is 33.7 Å². The van der Waals surface area contributed by atoms with Crippen molar-refractivity contribution in [2.45, 2.75) is 25.8 Å². The van der Waals surface area contributed by atoms with E-state index in [1.165, 1.54) is 34.3 Å². The number of benzene rings is 1. The van der Waals surface area contributed by atoms with Crippen LogP contribution in [-0.4, -0.2) is 34.3 Å². The van der Waals surface area contributed by atoms with E-state index in [0.717, 1.165) is 5.56 Å². The number of methoxy groups -OCH3 is 3. The first-order chi connectivity index (χ1) is 14.9. The summed E-state index contributed by atoms with van der Waals surface area (Å²) in [6.45, 7) is 1.44. The lowest BCUT2D eigenvalue weighted by Crippen LogP contribution is -2.26. The molecule has 1 aliphatic rings. The van der Waals surface area contributed by atoms with Crippen molar-refractivity contribution < 1.29 is 19.0 Å². The van der Waals surface area contributed by atoms with Crippen LogP contribution in [0, 0.1) is 11.3 Å². The molecule has 0 saturated heterocycles. The van der Waals surface area contributed by atoms with Gasteiger partial charge in [-0.05, 0) is 41.7 Å². The first kappa shape index (κ1) is 22.0. The van der Waals surface area contributed by atoms with E-state index in [1.807, 2.05) is 0 Å². The van der Waals surface area contributed by atoms with Crippen molar-refractivity contribution in [1.29, 1.82) is 5.26 Å². The minimum absolute atomic E-state index is 0.206. The highest BCUT2D eigenvalue weighted by atomic mass is 16.5.